The molecule has 1 amide bonds. The number of para-hydroxylation sites is 2. The molecule has 0 saturated carbocycles. The summed E-state index contributed by atoms with van der Waals surface area (Å²) in [6, 6.07) is 17.5. The Hall–Kier alpha value is -4.52. The van der Waals surface area contributed by atoms with E-state index >= 15 is 0 Å². The zero-order chi connectivity index (χ0) is 25.2. The van der Waals surface area contributed by atoms with Crippen LogP contribution < -0.4 is 14.8 Å². The van der Waals surface area contributed by atoms with Gasteiger partial charge in [-0.2, -0.15) is 0 Å². The SMILES string of the molecule is CCOc1ccc(-c2coc3c(C)c(OC)c(/C(C)=C/C(=O)Nc4nc5ccccc5[nH]4)cc23)cc1. The number of benzene rings is 3. The molecule has 2 aromatic heterocycles. The van der Waals surface area contributed by atoms with Crippen LogP contribution in [0.15, 0.2) is 71.4 Å². The van der Waals surface area contributed by atoms with Crippen molar-refractivity contribution in [2.45, 2.75) is 20.8 Å². The molecule has 3 aromatic carbocycles. The highest BCUT2D eigenvalue weighted by Gasteiger charge is 2.19. The van der Waals surface area contributed by atoms with Gasteiger partial charge in [0, 0.05) is 28.2 Å². The van der Waals surface area contributed by atoms with E-state index in [1.165, 1.54) is 0 Å². The van der Waals surface area contributed by atoms with E-state index in [9.17, 15) is 4.79 Å². The first kappa shape index (κ1) is 23.2. The standard InChI is InChI=1S/C29H27N3O4/c1-5-35-20-12-10-19(11-13-20)23-16-36-28-18(3)27(34-4)21(15-22(23)28)17(2)14-26(33)32-29-30-24-8-6-7-9-25(24)31-29/h6-16H,5H2,1-4H3,(H2,30,31,32,33)/b17-14+. The van der Waals surface area contributed by atoms with Crippen LogP contribution in [-0.2, 0) is 4.79 Å². The highest BCUT2D eigenvalue weighted by molar-refractivity contribution is 6.05. The van der Waals surface area contributed by atoms with Crippen LogP contribution in [0.25, 0.3) is 38.7 Å². The number of carbonyl (C=O) groups excluding carboxylic acids is 1. The number of amides is 1. The maximum atomic E-state index is 12.8. The lowest BCUT2D eigenvalue weighted by atomic mass is 9.96. The van der Waals surface area contributed by atoms with Crippen molar-refractivity contribution in [2.75, 3.05) is 19.0 Å². The van der Waals surface area contributed by atoms with Crippen LogP contribution >= 0.6 is 0 Å². The van der Waals surface area contributed by atoms with Gasteiger partial charge >= 0.3 is 0 Å². The number of aromatic nitrogens is 2. The molecule has 0 bridgehead atoms. The van der Waals surface area contributed by atoms with Crippen molar-refractivity contribution in [3.8, 4) is 22.6 Å². The molecule has 0 unspecified atom stereocenters. The predicted molar refractivity (Wildman–Crippen MR) is 142 cm³/mol. The van der Waals surface area contributed by atoms with E-state index in [4.69, 9.17) is 13.9 Å². The summed E-state index contributed by atoms with van der Waals surface area (Å²) in [6.45, 7) is 6.42. The number of nitrogens with zero attached hydrogens (tertiary/aromatic N) is 1. The second kappa shape index (κ2) is 9.62. The molecule has 0 spiro atoms. The number of allylic oxidation sites excluding steroid dienone is 1. The van der Waals surface area contributed by atoms with Crippen molar-refractivity contribution in [3.05, 3.63) is 78.1 Å². The van der Waals surface area contributed by atoms with E-state index in [1.54, 1.807) is 19.4 Å². The number of carbonyl (C=O) groups is 1. The minimum Gasteiger partial charge on any atom is -0.496 e. The maximum absolute atomic E-state index is 12.8. The summed E-state index contributed by atoms with van der Waals surface area (Å²) in [7, 11) is 1.62. The van der Waals surface area contributed by atoms with Gasteiger partial charge in [-0.15, -0.1) is 0 Å². The number of methoxy groups -OCH3 is 1. The van der Waals surface area contributed by atoms with Crippen molar-refractivity contribution in [2.24, 2.45) is 0 Å². The van der Waals surface area contributed by atoms with Crippen molar-refractivity contribution >= 4 is 39.4 Å². The third-order valence-electron chi connectivity index (χ3n) is 6.13. The van der Waals surface area contributed by atoms with Crippen LogP contribution in [0.5, 0.6) is 11.5 Å². The number of hydrogen-bond acceptors (Lipinski definition) is 5. The van der Waals surface area contributed by atoms with Crippen molar-refractivity contribution < 1.29 is 18.7 Å². The van der Waals surface area contributed by atoms with Crippen LogP contribution in [0.1, 0.15) is 25.0 Å². The normalized spacial score (nSPS) is 11.7. The van der Waals surface area contributed by atoms with Gasteiger partial charge in [0.15, 0.2) is 0 Å². The van der Waals surface area contributed by atoms with Crippen LogP contribution in [0.4, 0.5) is 5.95 Å². The van der Waals surface area contributed by atoms with Crippen molar-refractivity contribution in [1.82, 2.24) is 9.97 Å². The number of H-pyrrole nitrogens is 1. The van der Waals surface area contributed by atoms with Gasteiger partial charge in [0.2, 0.25) is 5.95 Å². The van der Waals surface area contributed by atoms with Gasteiger partial charge in [0.25, 0.3) is 5.91 Å². The number of aromatic amines is 1. The Balaban J connectivity index is 1.50. The molecule has 5 aromatic rings. The summed E-state index contributed by atoms with van der Waals surface area (Å²) in [4.78, 5) is 20.4. The fourth-order valence-electron chi connectivity index (χ4n) is 4.43. The molecule has 0 saturated heterocycles. The van der Waals surface area contributed by atoms with Crippen LogP contribution in [-0.4, -0.2) is 29.6 Å². The number of fused-ring (bicyclic) bond motifs is 2. The Kier molecular flexibility index (Phi) is 6.21. The zero-order valence-corrected chi connectivity index (χ0v) is 20.6. The van der Waals surface area contributed by atoms with Crippen LogP contribution in [0, 0.1) is 6.92 Å². The minimum atomic E-state index is -0.287. The average molecular weight is 482 g/mol. The summed E-state index contributed by atoms with van der Waals surface area (Å²) in [6.07, 6.45) is 3.30. The van der Waals surface area contributed by atoms with Crippen LogP contribution in [0.3, 0.4) is 0 Å². The third-order valence-corrected chi connectivity index (χ3v) is 6.13. The number of anilines is 1. The molecule has 0 aliphatic rings. The van der Waals surface area contributed by atoms with Crippen molar-refractivity contribution in [3.63, 3.8) is 0 Å². The second-order valence-corrected chi connectivity index (χ2v) is 8.48. The maximum Gasteiger partial charge on any atom is 0.250 e. The Morgan fingerprint density at radius 3 is 2.67 bits per heavy atom. The summed E-state index contributed by atoms with van der Waals surface area (Å²) in [5.41, 5.74) is 6.80. The molecule has 0 fully saturated rings. The Bertz CT molecular complexity index is 1560. The third kappa shape index (κ3) is 4.31. The lowest BCUT2D eigenvalue weighted by Crippen LogP contribution is -2.10. The van der Waals surface area contributed by atoms with Crippen molar-refractivity contribution in [1.29, 1.82) is 0 Å². The van der Waals surface area contributed by atoms with E-state index in [2.05, 4.69) is 15.3 Å². The molecule has 0 radical (unpaired) electrons. The summed E-state index contributed by atoms with van der Waals surface area (Å²) >= 11 is 0. The lowest BCUT2D eigenvalue weighted by Gasteiger charge is -2.13. The average Bonchev–Trinajstić information content (AvgIpc) is 3.48. The van der Waals surface area contributed by atoms with Gasteiger partial charge in [-0.05, 0) is 62.2 Å². The molecule has 0 aliphatic heterocycles. The molecule has 2 N–H and O–H groups in total. The summed E-state index contributed by atoms with van der Waals surface area (Å²) in [5.74, 6) is 1.60. The van der Waals surface area contributed by atoms with Gasteiger partial charge in [-0.3, -0.25) is 10.1 Å². The number of rotatable bonds is 7. The number of aryl methyl sites for hydroxylation is 1. The van der Waals surface area contributed by atoms with E-state index in [0.717, 1.165) is 55.6 Å². The van der Waals surface area contributed by atoms with E-state index in [0.29, 0.717) is 18.3 Å². The number of ether oxygens (including phenoxy) is 2. The van der Waals surface area contributed by atoms with Gasteiger partial charge < -0.3 is 18.9 Å². The monoisotopic (exact) mass is 481 g/mol. The fraction of sp³-hybridized carbons (Fsp3) is 0.172. The molecule has 7 nitrogen and oxygen atoms in total. The highest BCUT2D eigenvalue weighted by Crippen LogP contribution is 2.40. The smallest absolute Gasteiger partial charge is 0.250 e. The molecule has 182 valence electrons. The molecule has 36 heavy (non-hydrogen) atoms. The van der Waals surface area contributed by atoms with E-state index in [-0.39, 0.29) is 5.91 Å². The molecular weight excluding hydrogens is 454 g/mol. The van der Waals surface area contributed by atoms with Gasteiger partial charge in [-0.25, -0.2) is 4.98 Å². The first-order chi connectivity index (χ1) is 17.5. The number of furan rings is 1. The topological polar surface area (TPSA) is 89.4 Å². The van der Waals surface area contributed by atoms with E-state index in [1.807, 2.05) is 75.4 Å². The quantitative estimate of drug-likeness (QED) is 0.252. The molecule has 7 heteroatoms. The molecule has 0 aliphatic carbocycles. The largest absolute Gasteiger partial charge is 0.496 e. The second-order valence-electron chi connectivity index (χ2n) is 8.48. The highest BCUT2D eigenvalue weighted by atomic mass is 16.5. The molecule has 5 rings (SSSR count). The first-order valence-corrected chi connectivity index (χ1v) is 11.7. The first-order valence-electron chi connectivity index (χ1n) is 11.7. The van der Waals surface area contributed by atoms with Crippen LogP contribution in [0.2, 0.25) is 0 Å². The van der Waals surface area contributed by atoms with E-state index < -0.39 is 0 Å². The zero-order valence-electron chi connectivity index (χ0n) is 20.6. The fourth-order valence-corrected chi connectivity index (χ4v) is 4.43. The lowest BCUT2D eigenvalue weighted by molar-refractivity contribution is -0.111. The Labute approximate surface area is 208 Å². The van der Waals surface area contributed by atoms with Gasteiger partial charge in [-0.1, -0.05) is 24.3 Å². The number of nitrogens with one attached hydrogen (secondary N) is 2. The Morgan fingerprint density at radius 2 is 1.94 bits per heavy atom. The minimum absolute atomic E-state index is 0.287. The molecular formula is C29H27N3O4. The number of hydrogen-bond donors (Lipinski definition) is 2. The molecule has 2 heterocycles. The van der Waals surface area contributed by atoms with Gasteiger partial charge in [0.05, 0.1) is 31.0 Å². The Morgan fingerprint density at radius 1 is 1.17 bits per heavy atom. The number of imidazole rings is 1. The summed E-state index contributed by atoms with van der Waals surface area (Å²) in [5, 5.41) is 3.76. The summed E-state index contributed by atoms with van der Waals surface area (Å²) < 4.78 is 17.3. The molecule has 0 atom stereocenters. The predicted octanol–water partition coefficient (Wildman–Crippen LogP) is 6.73. The van der Waals surface area contributed by atoms with Gasteiger partial charge in [0.1, 0.15) is 17.1 Å².